The van der Waals surface area contributed by atoms with Gasteiger partial charge in [-0.15, -0.1) is 5.10 Å². The molecule has 1 atom stereocenters. The van der Waals surface area contributed by atoms with Gasteiger partial charge in [0.1, 0.15) is 0 Å². The quantitative estimate of drug-likeness (QED) is 0.521. The fourth-order valence-corrected chi connectivity index (χ4v) is 3.46. The maximum atomic E-state index is 12.8. The maximum Gasteiger partial charge on any atom is 0.416 e. The molecule has 9 heteroatoms. The van der Waals surface area contributed by atoms with Crippen molar-refractivity contribution in [2.24, 2.45) is 7.05 Å². The summed E-state index contributed by atoms with van der Waals surface area (Å²) in [5.74, 6) is 0.246. The standard InChI is InChI=1S/C22H18F3N5O/c1-13(20-27-28-29-30(20)2)26-21(31)16-8-11-19-15(12-16)4-3-5-18(19)14-6-9-17(10-7-14)22(23,24)25/h3-13H,1-2H3,(H,26,31)/t13-/m0/s1. The number of alkyl halides is 3. The molecular formula is C22H18F3N5O. The number of halogens is 3. The van der Waals surface area contributed by atoms with E-state index in [9.17, 15) is 18.0 Å². The van der Waals surface area contributed by atoms with Crippen molar-refractivity contribution in [3.05, 3.63) is 77.6 Å². The molecule has 0 fully saturated rings. The van der Waals surface area contributed by atoms with Crippen LogP contribution in [0.5, 0.6) is 0 Å². The van der Waals surface area contributed by atoms with Crippen molar-refractivity contribution in [1.82, 2.24) is 25.5 Å². The molecule has 1 amide bonds. The van der Waals surface area contributed by atoms with Crippen molar-refractivity contribution >= 4 is 16.7 Å². The minimum absolute atomic E-state index is 0.280. The summed E-state index contributed by atoms with van der Waals surface area (Å²) in [6, 6.07) is 15.4. The van der Waals surface area contributed by atoms with Crippen LogP contribution in [0.25, 0.3) is 21.9 Å². The lowest BCUT2D eigenvalue weighted by molar-refractivity contribution is -0.137. The number of carbonyl (C=O) groups excluding carboxylic acids is 1. The molecule has 0 radical (unpaired) electrons. The Morgan fingerprint density at radius 2 is 1.81 bits per heavy atom. The minimum Gasteiger partial charge on any atom is -0.342 e. The summed E-state index contributed by atoms with van der Waals surface area (Å²) in [5, 5.41) is 15.7. The maximum absolute atomic E-state index is 12.8. The summed E-state index contributed by atoms with van der Waals surface area (Å²) in [6.45, 7) is 1.79. The Labute approximate surface area is 175 Å². The molecule has 0 bridgehead atoms. The Hall–Kier alpha value is -3.75. The van der Waals surface area contributed by atoms with Crippen LogP contribution in [0.1, 0.15) is 34.7 Å². The summed E-state index contributed by atoms with van der Waals surface area (Å²) in [5.41, 5.74) is 1.22. The lowest BCUT2D eigenvalue weighted by atomic mass is 9.96. The molecule has 31 heavy (non-hydrogen) atoms. The number of nitrogens with one attached hydrogen (secondary N) is 1. The number of fused-ring (bicyclic) bond motifs is 1. The first-order chi connectivity index (χ1) is 14.7. The zero-order valence-corrected chi connectivity index (χ0v) is 16.7. The zero-order chi connectivity index (χ0) is 22.2. The normalized spacial score (nSPS) is 12.7. The highest BCUT2D eigenvalue weighted by Gasteiger charge is 2.30. The predicted octanol–water partition coefficient (Wildman–Crippen LogP) is 4.54. The van der Waals surface area contributed by atoms with Gasteiger partial charge in [-0.3, -0.25) is 4.79 Å². The van der Waals surface area contributed by atoms with Crippen LogP contribution in [-0.4, -0.2) is 26.1 Å². The Morgan fingerprint density at radius 3 is 2.45 bits per heavy atom. The van der Waals surface area contributed by atoms with Crippen LogP contribution in [0.15, 0.2) is 60.7 Å². The summed E-state index contributed by atoms with van der Waals surface area (Å²) in [4.78, 5) is 12.7. The molecule has 4 aromatic rings. The Bertz CT molecular complexity index is 1250. The average Bonchev–Trinajstić information content (AvgIpc) is 3.18. The highest BCUT2D eigenvalue weighted by molar-refractivity contribution is 6.02. The number of carbonyl (C=O) groups is 1. The van der Waals surface area contributed by atoms with Crippen LogP contribution >= 0.6 is 0 Å². The molecule has 158 valence electrons. The second-order valence-electron chi connectivity index (χ2n) is 7.17. The van der Waals surface area contributed by atoms with E-state index in [1.54, 1.807) is 32.2 Å². The van der Waals surface area contributed by atoms with Crippen LogP contribution in [0.4, 0.5) is 13.2 Å². The number of rotatable bonds is 4. The lowest BCUT2D eigenvalue weighted by Gasteiger charge is -2.13. The topological polar surface area (TPSA) is 72.7 Å². The average molecular weight is 425 g/mol. The Balaban J connectivity index is 1.62. The van der Waals surface area contributed by atoms with Gasteiger partial charge >= 0.3 is 6.18 Å². The van der Waals surface area contributed by atoms with E-state index in [4.69, 9.17) is 0 Å². The highest BCUT2D eigenvalue weighted by atomic mass is 19.4. The third-order valence-corrected chi connectivity index (χ3v) is 5.05. The second kappa shape index (κ2) is 7.82. The fraction of sp³-hybridized carbons (Fsp3) is 0.182. The molecule has 0 saturated heterocycles. The first-order valence-corrected chi connectivity index (χ1v) is 9.47. The van der Waals surface area contributed by atoms with E-state index in [-0.39, 0.29) is 11.9 Å². The van der Waals surface area contributed by atoms with Gasteiger partial charge in [0, 0.05) is 12.6 Å². The van der Waals surface area contributed by atoms with E-state index in [2.05, 4.69) is 20.8 Å². The van der Waals surface area contributed by atoms with Gasteiger partial charge in [0.2, 0.25) is 0 Å². The largest absolute Gasteiger partial charge is 0.416 e. The zero-order valence-electron chi connectivity index (χ0n) is 16.7. The lowest BCUT2D eigenvalue weighted by Crippen LogP contribution is -2.28. The smallest absolute Gasteiger partial charge is 0.342 e. The molecule has 0 unspecified atom stereocenters. The van der Waals surface area contributed by atoms with Crippen molar-refractivity contribution in [2.75, 3.05) is 0 Å². The molecule has 0 aliphatic heterocycles. The number of benzene rings is 3. The van der Waals surface area contributed by atoms with Gasteiger partial charge in [0.15, 0.2) is 5.82 Å². The molecule has 3 aromatic carbocycles. The molecule has 4 rings (SSSR count). The summed E-state index contributed by atoms with van der Waals surface area (Å²) < 4.78 is 40.0. The fourth-order valence-electron chi connectivity index (χ4n) is 3.46. The van der Waals surface area contributed by atoms with Gasteiger partial charge < -0.3 is 5.32 Å². The van der Waals surface area contributed by atoms with Crippen LogP contribution < -0.4 is 5.32 Å². The van der Waals surface area contributed by atoms with Crippen molar-refractivity contribution < 1.29 is 18.0 Å². The number of hydrogen-bond acceptors (Lipinski definition) is 4. The monoisotopic (exact) mass is 425 g/mol. The first-order valence-electron chi connectivity index (χ1n) is 9.47. The van der Waals surface area contributed by atoms with Crippen molar-refractivity contribution in [1.29, 1.82) is 0 Å². The van der Waals surface area contributed by atoms with E-state index in [0.717, 1.165) is 28.5 Å². The van der Waals surface area contributed by atoms with Crippen molar-refractivity contribution in [2.45, 2.75) is 19.1 Å². The van der Waals surface area contributed by atoms with Crippen molar-refractivity contribution in [3.63, 3.8) is 0 Å². The van der Waals surface area contributed by atoms with E-state index in [0.29, 0.717) is 17.0 Å². The Kier molecular flexibility index (Phi) is 5.18. The number of aryl methyl sites for hydroxylation is 1. The number of hydrogen-bond donors (Lipinski definition) is 1. The number of amides is 1. The molecule has 1 aromatic heterocycles. The molecule has 1 N–H and O–H groups in total. The molecule has 0 aliphatic rings. The molecule has 0 aliphatic carbocycles. The van der Waals surface area contributed by atoms with Gasteiger partial charge in [-0.1, -0.05) is 36.4 Å². The van der Waals surface area contributed by atoms with E-state index in [1.807, 2.05) is 18.2 Å². The molecular weight excluding hydrogens is 407 g/mol. The molecule has 6 nitrogen and oxygen atoms in total. The van der Waals surface area contributed by atoms with Gasteiger partial charge in [-0.05, 0) is 63.5 Å². The second-order valence-corrected chi connectivity index (χ2v) is 7.17. The number of tetrazole rings is 1. The van der Waals surface area contributed by atoms with Crippen LogP contribution in [0.2, 0.25) is 0 Å². The van der Waals surface area contributed by atoms with Gasteiger partial charge in [0.25, 0.3) is 5.91 Å². The van der Waals surface area contributed by atoms with E-state index < -0.39 is 11.7 Å². The van der Waals surface area contributed by atoms with Crippen LogP contribution in [0.3, 0.4) is 0 Å². The van der Waals surface area contributed by atoms with Gasteiger partial charge in [-0.25, -0.2) is 4.68 Å². The number of nitrogens with zero attached hydrogens (tertiary/aromatic N) is 4. The van der Waals surface area contributed by atoms with E-state index >= 15 is 0 Å². The van der Waals surface area contributed by atoms with Gasteiger partial charge in [0.05, 0.1) is 11.6 Å². The molecule has 0 saturated carbocycles. The Morgan fingerprint density at radius 1 is 1.06 bits per heavy atom. The summed E-state index contributed by atoms with van der Waals surface area (Å²) >= 11 is 0. The van der Waals surface area contributed by atoms with E-state index in [1.165, 1.54) is 16.8 Å². The SMILES string of the molecule is C[C@H](NC(=O)c1ccc2c(-c3ccc(C(F)(F)F)cc3)cccc2c1)c1nnnn1C. The third-order valence-electron chi connectivity index (χ3n) is 5.05. The number of aromatic nitrogens is 4. The minimum atomic E-state index is -4.38. The van der Waals surface area contributed by atoms with Gasteiger partial charge in [-0.2, -0.15) is 13.2 Å². The third kappa shape index (κ3) is 4.11. The highest BCUT2D eigenvalue weighted by Crippen LogP contribution is 2.33. The molecule has 0 spiro atoms. The molecule has 1 heterocycles. The summed E-state index contributed by atoms with van der Waals surface area (Å²) in [6.07, 6.45) is -4.38. The van der Waals surface area contributed by atoms with Crippen molar-refractivity contribution in [3.8, 4) is 11.1 Å². The summed E-state index contributed by atoms with van der Waals surface area (Å²) in [7, 11) is 1.69. The van der Waals surface area contributed by atoms with Crippen LogP contribution in [-0.2, 0) is 13.2 Å². The first kappa shape index (κ1) is 20.5. The predicted molar refractivity (Wildman–Crippen MR) is 109 cm³/mol. The van der Waals surface area contributed by atoms with Crippen LogP contribution in [0, 0.1) is 0 Å².